The van der Waals surface area contributed by atoms with E-state index in [0.717, 1.165) is 5.56 Å². The number of rotatable bonds is 5. The van der Waals surface area contributed by atoms with Crippen LogP contribution in [0.2, 0.25) is 0 Å². The Morgan fingerprint density at radius 1 is 1.24 bits per heavy atom. The maximum absolute atomic E-state index is 12.2. The third-order valence-corrected chi connectivity index (χ3v) is 2.97. The van der Waals surface area contributed by atoms with Crippen molar-refractivity contribution in [1.82, 2.24) is 4.90 Å². The van der Waals surface area contributed by atoms with Gasteiger partial charge in [0.25, 0.3) is 0 Å². The van der Waals surface area contributed by atoms with E-state index >= 15 is 0 Å². The number of nitrogens with zero attached hydrogens (tertiary/aromatic N) is 1. The van der Waals surface area contributed by atoms with Gasteiger partial charge in [-0.15, -0.1) is 0 Å². The summed E-state index contributed by atoms with van der Waals surface area (Å²) in [4.78, 5) is 13.7. The Morgan fingerprint density at radius 2 is 1.81 bits per heavy atom. The molecule has 21 heavy (non-hydrogen) atoms. The molecule has 1 N–H and O–H groups in total. The van der Waals surface area contributed by atoms with Crippen molar-refractivity contribution in [2.75, 3.05) is 6.54 Å². The van der Waals surface area contributed by atoms with Gasteiger partial charge in [0.1, 0.15) is 5.60 Å². The first kappa shape index (κ1) is 17.5. The van der Waals surface area contributed by atoms with Crippen LogP contribution in [0.15, 0.2) is 30.3 Å². The molecule has 0 radical (unpaired) electrons. The van der Waals surface area contributed by atoms with Crippen LogP contribution in [0.5, 0.6) is 0 Å². The molecule has 1 atom stereocenters. The summed E-state index contributed by atoms with van der Waals surface area (Å²) in [6, 6.07) is 9.74. The van der Waals surface area contributed by atoms with E-state index in [1.54, 1.807) is 4.90 Å². The number of aliphatic hydroxyl groups excluding tert-OH is 1. The Balaban J connectivity index is 2.63. The zero-order valence-electron chi connectivity index (χ0n) is 13.7. The second-order valence-electron chi connectivity index (χ2n) is 6.57. The van der Waals surface area contributed by atoms with Crippen LogP contribution in [-0.2, 0) is 11.2 Å². The highest BCUT2D eigenvalue weighted by Crippen LogP contribution is 2.13. The zero-order valence-corrected chi connectivity index (χ0v) is 13.7. The van der Waals surface area contributed by atoms with E-state index in [4.69, 9.17) is 4.74 Å². The first-order valence-electron chi connectivity index (χ1n) is 7.40. The van der Waals surface area contributed by atoms with Crippen molar-refractivity contribution in [3.8, 4) is 0 Å². The smallest absolute Gasteiger partial charge is 0.410 e. The average molecular weight is 293 g/mol. The molecule has 0 aromatic heterocycles. The molecule has 0 aliphatic carbocycles. The Kier molecular flexibility index (Phi) is 6.21. The van der Waals surface area contributed by atoms with E-state index in [1.807, 2.05) is 65.0 Å². The Hall–Kier alpha value is -1.55. The summed E-state index contributed by atoms with van der Waals surface area (Å²) in [6.07, 6.45) is -0.473. The van der Waals surface area contributed by atoms with Crippen molar-refractivity contribution < 1.29 is 14.6 Å². The van der Waals surface area contributed by atoms with Crippen LogP contribution in [0.25, 0.3) is 0 Å². The van der Waals surface area contributed by atoms with Crippen molar-refractivity contribution >= 4 is 6.09 Å². The molecule has 0 spiro atoms. The minimum atomic E-state index is -0.609. The molecular formula is C17H27NO3. The maximum Gasteiger partial charge on any atom is 0.410 e. The van der Waals surface area contributed by atoms with Gasteiger partial charge in [-0.25, -0.2) is 4.79 Å². The van der Waals surface area contributed by atoms with Crippen molar-refractivity contribution in [3.05, 3.63) is 35.9 Å². The molecule has 0 aliphatic rings. The number of ether oxygens (including phenoxy) is 1. The van der Waals surface area contributed by atoms with Crippen LogP contribution in [0.3, 0.4) is 0 Å². The summed E-state index contributed by atoms with van der Waals surface area (Å²) in [7, 11) is 0. The third-order valence-electron chi connectivity index (χ3n) is 2.97. The molecule has 4 heteroatoms. The fourth-order valence-corrected chi connectivity index (χ4v) is 1.99. The number of carbonyl (C=O) groups is 1. The van der Waals surface area contributed by atoms with Crippen LogP contribution in [0, 0.1) is 0 Å². The lowest BCUT2D eigenvalue weighted by Crippen LogP contribution is -2.45. The van der Waals surface area contributed by atoms with E-state index in [2.05, 4.69) is 0 Å². The number of carbonyl (C=O) groups excluding carboxylic acids is 1. The monoisotopic (exact) mass is 293 g/mol. The highest BCUT2D eigenvalue weighted by Gasteiger charge is 2.25. The highest BCUT2D eigenvalue weighted by molar-refractivity contribution is 5.68. The summed E-state index contributed by atoms with van der Waals surface area (Å²) in [5.41, 5.74) is 0.520. The number of aliphatic hydroxyl groups is 1. The van der Waals surface area contributed by atoms with Crippen LogP contribution >= 0.6 is 0 Å². The first-order valence-corrected chi connectivity index (χ1v) is 7.40. The normalized spacial score (nSPS) is 13.1. The fraction of sp³-hybridized carbons (Fsp3) is 0.588. The minimum Gasteiger partial charge on any atom is -0.444 e. The molecule has 0 saturated carbocycles. The predicted molar refractivity (Wildman–Crippen MR) is 84.2 cm³/mol. The lowest BCUT2D eigenvalue weighted by molar-refractivity contribution is 0.00752. The van der Waals surface area contributed by atoms with E-state index < -0.39 is 11.7 Å². The number of hydrogen-bond donors (Lipinski definition) is 1. The molecule has 0 aliphatic heterocycles. The molecule has 0 fully saturated rings. The lowest BCUT2D eigenvalue weighted by atomic mass is 10.1. The van der Waals surface area contributed by atoms with Gasteiger partial charge in [0.05, 0.1) is 12.6 Å². The summed E-state index contributed by atoms with van der Waals surface area (Å²) < 4.78 is 5.39. The average Bonchev–Trinajstić information content (AvgIpc) is 2.34. The van der Waals surface area contributed by atoms with Gasteiger partial charge in [-0.3, -0.25) is 0 Å². The molecule has 0 bridgehead atoms. The van der Waals surface area contributed by atoms with Gasteiger partial charge in [-0.1, -0.05) is 30.3 Å². The van der Waals surface area contributed by atoms with Crippen molar-refractivity contribution in [2.45, 2.75) is 58.8 Å². The molecule has 4 nitrogen and oxygen atoms in total. The molecule has 1 aromatic carbocycles. The number of benzene rings is 1. The van der Waals surface area contributed by atoms with E-state index in [1.165, 1.54) is 0 Å². The zero-order chi connectivity index (χ0) is 16.0. The molecular weight excluding hydrogens is 266 g/mol. The Labute approximate surface area is 127 Å². The predicted octanol–water partition coefficient (Wildman–Crippen LogP) is 3.24. The fourth-order valence-electron chi connectivity index (χ4n) is 1.99. The van der Waals surface area contributed by atoms with E-state index in [0.29, 0.717) is 6.42 Å². The van der Waals surface area contributed by atoms with Crippen molar-refractivity contribution in [1.29, 1.82) is 0 Å². The maximum atomic E-state index is 12.2. The highest BCUT2D eigenvalue weighted by atomic mass is 16.6. The molecule has 1 unspecified atom stereocenters. The van der Waals surface area contributed by atoms with Crippen molar-refractivity contribution in [2.24, 2.45) is 0 Å². The van der Waals surface area contributed by atoms with Crippen LogP contribution < -0.4 is 0 Å². The van der Waals surface area contributed by atoms with Crippen LogP contribution in [0.1, 0.15) is 40.2 Å². The summed E-state index contributed by atoms with van der Waals surface area (Å²) >= 11 is 0. The van der Waals surface area contributed by atoms with Gasteiger partial charge in [0, 0.05) is 12.5 Å². The summed E-state index contributed by atoms with van der Waals surface area (Å²) in [5.74, 6) is 0. The quantitative estimate of drug-likeness (QED) is 0.906. The molecule has 0 saturated heterocycles. The molecule has 1 amide bonds. The second-order valence-corrected chi connectivity index (χ2v) is 6.57. The Bertz CT molecular complexity index is 437. The van der Waals surface area contributed by atoms with Crippen molar-refractivity contribution in [3.63, 3.8) is 0 Å². The van der Waals surface area contributed by atoms with Gasteiger partial charge in [0.15, 0.2) is 0 Å². The number of hydrogen-bond acceptors (Lipinski definition) is 3. The summed E-state index contributed by atoms with van der Waals surface area (Å²) in [6.45, 7) is 9.61. The minimum absolute atomic E-state index is 0.0229. The van der Waals surface area contributed by atoms with E-state index in [-0.39, 0.29) is 18.7 Å². The SMILES string of the molecule is CC(C)N(CC(O)Cc1ccccc1)C(=O)OC(C)(C)C. The van der Waals surface area contributed by atoms with Gasteiger partial charge in [-0.05, 0) is 40.2 Å². The third kappa shape index (κ3) is 6.63. The molecule has 0 heterocycles. The second kappa shape index (κ2) is 7.46. The van der Waals surface area contributed by atoms with Gasteiger partial charge >= 0.3 is 6.09 Å². The van der Waals surface area contributed by atoms with Gasteiger partial charge in [-0.2, -0.15) is 0 Å². The number of amides is 1. The lowest BCUT2D eigenvalue weighted by Gasteiger charge is -2.31. The topological polar surface area (TPSA) is 49.8 Å². The standard InChI is InChI=1S/C17H27NO3/c1-13(2)18(16(20)21-17(3,4)5)12-15(19)11-14-9-7-6-8-10-14/h6-10,13,15,19H,11-12H2,1-5H3. The van der Waals surface area contributed by atoms with Gasteiger partial charge in [0.2, 0.25) is 0 Å². The summed E-state index contributed by atoms with van der Waals surface area (Å²) in [5, 5.41) is 10.2. The van der Waals surface area contributed by atoms with E-state index in [9.17, 15) is 9.90 Å². The Morgan fingerprint density at radius 3 is 2.29 bits per heavy atom. The largest absolute Gasteiger partial charge is 0.444 e. The molecule has 1 aromatic rings. The van der Waals surface area contributed by atoms with Crippen LogP contribution in [-0.4, -0.2) is 40.4 Å². The van der Waals surface area contributed by atoms with Crippen LogP contribution in [0.4, 0.5) is 4.79 Å². The van der Waals surface area contributed by atoms with Gasteiger partial charge < -0.3 is 14.7 Å². The molecule has 1 rings (SSSR count). The molecule has 118 valence electrons. The first-order chi connectivity index (χ1) is 9.69.